The number of carboxylic acid groups (broad SMARTS) is 1. The van der Waals surface area contributed by atoms with Crippen LogP contribution in [0.1, 0.15) is 73.0 Å². The second-order valence-electron chi connectivity index (χ2n) is 10.6. The molecule has 5 nitrogen and oxygen atoms in total. The lowest BCUT2D eigenvalue weighted by molar-refractivity contribution is -0.157. The minimum absolute atomic E-state index is 0.427. The highest BCUT2D eigenvalue weighted by atomic mass is 16.4. The van der Waals surface area contributed by atoms with Crippen molar-refractivity contribution < 1.29 is 15.0 Å². The van der Waals surface area contributed by atoms with Gasteiger partial charge in [-0.05, 0) is 80.8 Å². The first kappa shape index (κ1) is 27.7. The molecule has 2 N–H and O–H groups in total. The van der Waals surface area contributed by atoms with Crippen LogP contribution in [0, 0.1) is 6.92 Å². The van der Waals surface area contributed by atoms with Crippen molar-refractivity contribution in [3.63, 3.8) is 0 Å². The van der Waals surface area contributed by atoms with E-state index < -0.39 is 11.6 Å². The third kappa shape index (κ3) is 6.58. The fraction of sp³-hybridized carbons (Fsp3) is 0.394. The zero-order chi connectivity index (χ0) is 27.1. The minimum Gasteiger partial charge on any atom is -0.479 e. The van der Waals surface area contributed by atoms with Gasteiger partial charge in [-0.1, -0.05) is 79.1 Å². The molecule has 200 valence electrons. The normalized spacial score (nSPS) is 15.7. The zero-order valence-electron chi connectivity index (χ0n) is 22.9. The summed E-state index contributed by atoms with van der Waals surface area (Å²) < 4.78 is 0. The van der Waals surface area contributed by atoms with Crippen molar-refractivity contribution in [3.8, 4) is 0 Å². The molecule has 0 amide bonds. The number of nitrogens with zero attached hydrogens (tertiary/aromatic N) is 2. The number of aryl methyl sites for hydroxylation is 3. The average Bonchev–Trinajstić information content (AvgIpc) is 2.92. The summed E-state index contributed by atoms with van der Waals surface area (Å²) in [6, 6.07) is 20.5. The predicted octanol–water partition coefficient (Wildman–Crippen LogP) is 6.17. The van der Waals surface area contributed by atoms with Gasteiger partial charge in [0.15, 0.2) is 5.60 Å². The SMILES string of the molecule is CCCc1cccnc1C(=C1CCN(CCCc2cccc(C(C)(O)C(=O)O)c2)CC1)c1ccc(C)cc1. The lowest BCUT2D eigenvalue weighted by Crippen LogP contribution is -2.32. The van der Waals surface area contributed by atoms with Crippen molar-refractivity contribution >= 4 is 11.5 Å². The van der Waals surface area contributed by atoms with Gasteiger partial charge in [0.2, 0.25) is 0 Å². The summed E-state index contributed by atoms with van der Waals surface area (Å²) in [4.78, 5) is 18.8. The number of carbonyl (C=O) groups is 1. The molecule has 1 saturated heterocycles. The molecule has 0 bridgehead atoms. The predicted molar refractivity (Wildman–Crippen MR) is 153 cm³/mol. The first-order chi connectivity index (χ1) is 18.3. The van der Waals surface area contributed by atoms with Crippen molar-refractivity contribution in [1.29, 1.82) is 0 Å². The summed E-state index contributed by atoms with van der Waals surface area (Å²) in [5, 5.41) is 19.6. The number of pyridine rings is 1. The van der Waals surface area contributed by atoms with E-state index in [4.69, 9.17) is 4.98 Å². The van der Waals surface area contributed by atoms with E-state index in [0.717, 1.165) is 69.4 Å². The third-order valence-corrected chi connectivity index (χ3v) is 7.65. The Bertz CT molecular complexity index is 1270. The topological polar surface area (TPSA) is 73.7 Å². The Labute approximate surface area is 226 Å². The van der Waals surface area contributed by atoms with Gasteiger partial charge in [0.25, 0.3) is 0 Å². The van der Waals surface area contributed by atoms with Gasteiger partial charge in [-0.2, -0.15) is 0 Å². The molecule has 2 heterocycles. The Morgan fingerprint density at radius 3 is 2.45 bits per heavy atom. The first-order valence-electron chi connectivity index (χ1n) is 13.8. The van der Waals surface area contributed by atoms with Crippen LogP contribution in [0.15, 0.2) is 72.4 Å². The Hall–Kier alpha value is -3.28. The largest absolute Gasteiger partial charge is 0.479 e. The summed E-state index contributed by atoms with van der Waals surface area (Å²) in [7, 11) is 0. The van der Waals surface area contributed by atoms with E-state index in [1.807, 2.05) is 30.5 Å². The quantitative estimate of drug-likeness (QED) is 0.340. The molecule has 3 aromatic rings. The van der Waals surface area contributed by atoms with Crippen LogP contribution in [-0.2, 0) is 23.2 Å². The first-order valence-corrected chi connectivity index (χ1v) is 13.8. The smallest absolute Gasteiger partial charge is 0.340 e. The van der Waals surface area contributed by atoms with Gasteiger partial charge in [0, 0.05) is 24.9 Å². The average molecular weight is 513 g/mol. The molecule has 0 aliphatic carbocycles. The zero-order valence-corrected chi connectivity index (χ0v) is 22.9. The highest BCUT2D eigenvalue weighted by Crippen LogP contribution is 2.34. The Balaban J connectivity index is 1.45. The van der Waals surface area contributed by atoms with E-state index in [1.165, 1.54) is 34.8 Å². The van der Waals surface area contributed by atoms with Gasteiger partial charge in [-0.25, -0.2) is 4.79 Å². The summed E-state index contributed by atoms with van der Waals surface area (Å²) in [5.74, 6) is -1.23. The van der Waals surface area contributed by atoms with Crippen LogP contribution in [0.2, 0.25) is 0 Å². The lowest BCUT2D eigenvalue weighted by atomic mass is 9.88. The molecule has 2 aromatic carbocycles. The fourth-order valence-electron chi connectivity index (χ4n) is 5.32. The van der Waals surface area contributed by atoms with Gasteiger partial charge in [0.1, 0.15) is 0 Å². The van der Waals surface area contributed by atoms with Crippen LogP contribution in [0.5, 0.6) is 0 Å². The highest BCUT2D eigenvalue weighted by Gasteiger charge is 2.32. The summed E-state index contributed by atoms with van der Waals surface area (Å²) in [5.41, 5.74) is 7.40. The van der Waals surface area contributed by atoms with E-state index in [-0.39, 0.29) is 0 Å². The number of piperidine rings is 1. The second-order valence-corrected chi connectivity index (χ2v) is 10.6. The number of aliphatic carboxylic acids is 1. The number of rotatable bonds is 10. The van der Waals surface area contributed by atoms with Crippen molar-refractivity contribution in [2.24, 2.45) is 0 Å². The van der Waals surface area contributed by atoms with Crippen LogP contribution in [-0.4, -0.2) is 45.7 Å². The highest BCUT2D eigenvalue weighted by molar-refractivity contribution is 5.82. The number of hydrogen-bond donors (Lipinski definition) is 2. The molecular weight excluding hydrogens is 472 g/mol. The van der Waals surface area contributed by atoms with Gasteiger partial charge >= 0.3 is 5.97 Å². The van der Waals surface area contributed by atoms with E-state index >= 15 is 0 Å². The molecule has 0 spiro atoms. The van der Waals surface area contributed by atoms with Crippen molar-refractivity contribution in [2.75, 3.05) is 19.6 Å². The van der Waals surface area contributed by atoms with Gasteiger partial charge in [0.05, 0.1) is 5.69 Å². The maximum absolute atomic E-state index is 11.4. The van der Waals surface area contributed by atoms with Gasteiger partial charge in [-0.3, -0.25) is 4.98 Å². The minimum atomic E-state index is -1.87. The molecule has 0 saturated carbocycles. The number of aromatic nitrogens is 1. The number of carboxylic acids is 1. The Morgan fingerprint density at radius 1 is 1.03 bits per heavy atom. The molecule has 1 unspecified atom stereocenters. The number of benzene rings is 2. The number of likely N-dealkylation sites (tertiary alicyclic amines) is 1. The van der Waals surface area contributed by atoms with Gasteiger partial charge in [-0.15, -0.1) is 0 Å². The molecule has 5 heteroatoms. The second kappa shape index (κ2) is 12.5. The van der Waals surface area contributed by atoms with E-state index in [1.54, 1.807) is 6.07 Å². The van der Waals surface area contributed by atoms with Crippen molar-refractivity contribution in [2.45, 2.75) is 64.9 Å². The summed E-state index contributed by atoms with van der Waals surface area (Å²) >= 11 is 0. The molecule has 1 aromatic heterocycles. The van der Waals surface area contributed by atoms with E-state index in [2.05, 4.69) is 49.1 Å². The maximum Gasteiger partial charge on any atom is 0.340 e. The molecule has 1 atom stereocenters. The van der Waals surface area contributed by atoms with Crippen LogP contribution < -0.4 is 0 Å². The van der Waals surface area contributed by atoms with Crippen LogP contribution in [0.4, 0.5) is 0 Å². The van der Waals surface area contributed by atoms with Crippen molar-refractivity contribution in [3.05, 3.63) is 106 Å². The van der Waals surface area contributed by atoms with E-state index in [9.17, 15) is 15.0 Å². The molecule has 38 heavy (non-hydrogen) atoms. The standard InChI is InChI=1S/C33H40N2O3/c1-4-8-28-11-6-19-34-31(28)30(26-15-13-24(2)14-16-26)27-17-21-35(22-18-27)20-7-10-25-9-5-12-29(23-25)33(3,38)32(36)37/h5-6,9,11-16,19,23,38H,4,7-8,10,17-18,20-22H2,1-3H3,(H,36,37). The molecule has 0 radical (unpaired) electrons. The third-order valence-electron chi connectivity index (χ3n) is 7.65. The molecule has 1 fully saturated rings. The molecule has 4 rings (SSSR count). The van der Waals surface area contributed by atoms with Crippen LogP contribution >= 0.6 is 0 Å². The lowest BCUT2D eigenvalue weighted by Gasteiger charge is -2.30. The summed E-state index contributed by atoms with van der Waals surface area (Å²) in [6.45, 7) is 8.72. The van der Waals surface area contributed by atoms with Gasteiger partial charge < -0.3 is 15.1 Å². The van der Waals surface area contributed by atoms with Crippen molar-refractivity contribution in [1.82, 2.24) is 9.88 Å². The number of aliphatic hydroxyl groups is 1. The number of hydrogen-bond acceptors (Lipinski definition) is 4. The molecular formula is C33H40N2O3. The molecule has 1 aliphatic rings. The monoisotopic (exact) mass is 512 g/mol. The van der Waals surface area contributed by atoms with Crippen LogP contribution in [0.3, 0.4) is 0 Å². The van der Waals surface area contributed by atoms with E-state index in [0.29, 0.717) is 5.56 Å². The maximum atomic E-state index is 11.4. The van der Waals surface area contributed by atoms with Crippen LogP contribution in [0.25, 0.3) is 5.57 Å². The molecule has 1 aliphatic heterocycles. The Morgan fingerprint density at radius 2 is 1.76 bits per heavy atom. The fourth-order valence-corrected chi connectivity index (χ4v) is 5.32. The summed E-state index contributed by atoms with van der Waals surface area (Å²) in [6.07, 6.45) is 7.95. The Kier molecular flexibility index (Phi) is 9.13.